The third kappa shape index (κ3) is 3.47. The SMILES string of the molecule is CCCc1ccc(Cl)c(NC2CCC(=O)NC2=O)c1. The molecule has 4 nitrogen and oxygen atoms in total. The van der Waals surface area contributed by atoms with Crippen LogP contribution in [-0.2, 0) is 16.0 Å². The molecule has 102 valence electrons. The van der Waals surface area contributed by atoms with E-state index in [-0.39, 0.29) is 11.8 Å². The lowest BCUT2D eigenvalue weighted by atomic mass is 10.0. The van der Waals surface area contributed by atoms with Gasteiger partial charge < -0.3 is 5.32 Å². The van der Waals surface area contributed by atoms with Crippen LogP contribution >= 0.6 is 11.6 Å². The van der Waals surface area contributed by atoms with E-state index in [1.165, 1.54) is 5.56 Å². The Kier molecular flexibility index (Phi) is 4.43. The van der Waals surface area contributed by atoms with Crippen LogP contribution in [0.15, 0.2) is 18.2 Å². The van der Waals surface area contributed by atoms with Gasteiger partial charge in [0.1, 0.15) is 6.04 Å². The number of halogens is 1. The minimum atomic E-state index is -0.396. The number of carbonyl (C=O) groups excluding carboxylic acids is 2. The summed E-state index contributed by atoms with van der Waals surface area (Å²) in [5, 5.41) is 6.03. The minimum absolute atomic E-state index is 0.214. The van der Waals surface area contributed by atoms with Gasteiger partial charge >= 0.3 is 0 Å². The molecule has 0 aromatic heterocycles. The van der Waals surface area contributed by atoms with E-state index in [4.69, 9.17) is 11.6 Å². The van der Waals surface area contributed by atoms with E-state index in [9.17, 15) is 9.59 Å². The number of imide groups is 1. The molecule has 0 radical (unpaired) electrons. The Morgan fingerprint density at radius 1 is 1.42 bits per heavy atom. The van der Waals surface area contributed by atoms with Gasteiger partial charge in [0.25, 0.3) is 0 Å². The molecule has 0 bridgehead atoms. The van der Waals surface area contributed by atoms with Gasteiger partial charge in [-0.3, -0.25) is 14.9 Å². The molecule has 5 heteroatoms. The number of hydrogen-bond acceptors (Lipinski definition) is 3. The first-order valence-electron chi connectivity index (χ1n) is 6.49. The Labute approximate surface area is 117 Å². The maximum Gasteiger partial charge on any atom is 0.249 e. The third-order valence-corrected chi connectivity index (χ3v) is 3.47. The fraction of sp³-hybridized carbons (Fsp3) is 0.429. The number of carbonyl (C=O) groups is 2. The van der Waals surface area contributed by atoms with E-state index in [0.29, 0.717) is 17.9 Å². The van der Waals surface area contributed by atoms with E-state index in [0.717, 1.165) is 18.5 Å². The second kappa shape index (κ2) is 6.06. The van der Waals surface area contributed by atoms with Gasteiger partial charge in [-0.2, -0.15) is 0 Å². The first-order chi connectivity index (χ1) is 9.10. The zero-order valence-corrected chi connectivity index (χ0v) is 11.6. The molecule has 0 spiro atoms. The Bertz CT molecular complexity index is 502. The van der Waals surface area contributed by atoms with Crippen LogP contribution in [0, 0.1) is 0 Å². The predicted octanol–water partition coefficient (Wildman–Crippen LogP) is 2.51. The molecule has 2 rings (SSSR count). The molecular formula is C14H17ClN2O2. The molecule has 1 aliphatic heterocycles. The molecule has 0 aliphatic carbocycles. The largest absolute Gasteiger partial charge is 0.372 e. The highest BCUT2D eigenvalue weighted by Gasteiger charge is 2.26. The van der Waals surface area contributed by atoms with Crippen molar-refractivity contribution in [1.82, 2.24) is 5.32 Å². The molecule has 1 heterocycles. The molecule has 1 unspecified atom stereocenters. The molecular weight excluding hydrogens is 264 g/mol. The summed E-state index contributed by atoms with van der Waals surface area (Å²) >= 11 is 6.13. The van der Waals surface area contributed by atoms with Gasteiger partial charge in [0.2, 0.25) is 11.8 Å². The standard InChI is InChI=1S/C14H17ClN2O2/c1-2-3-9-4-5-10(15)12(8-9)16-11-6-7-13(18)17-14(11)19/h4-5,8,11,16H,2-3,6-7H2,1H3,(H,17,18,19). The summed E-state index contributed by atoms with van der Waals surface area (Å²) in [6, 6.07) is 5.39. The number of benzene rings is 1. The van der Waals surface area contributed by atoms with E-state index in [1.807, 2.05) is 18.2 Å². The molecule has 2 amide bonds. The van der Waals surface area contributed by atoms with Crippen molar-refractivity contribution in [3.63, 3.8) is 0 Å². The van der Waals surface area contributed by atoms with Gasteiger partial charge in [-0.1, -0.05) is 31.0 Å². The van der Waals surface area contributed by atoms with Crippen LogP contribution < -0.4 is 10.6 Å². The molecule has 1 atom stereocenters. The van der Waals surface area contributed by atoms with E-state index in [1.54, 1.807) is 0 Å². The predicted molar refractivity (Wildman–Crippen MR) is 75.2 cm³/mol. The number of aryl methyl sites for hydroxylation is 1. The van der Waals surface area contributed by atoms with Gasteiger partial charge in [0.15, 0.2) is 0 Å². The van der Waals surface area contributed by atoms with Crippen LogP contribution in [0.2, 0.25) is 5.02 Å². The first kappa shape index (κ1) is 13.9. The fourth-order valence-electron chi connectivity index (χ4n) is 2.15. The summed E-state index contributed by atoms with van der Waals surface area (Å²) in [6.07, 6.45) is 2.88. The van der Waals surface area contributed by atoms with Crippen LogP contribution in [0.1, 0.15) is 31.7 Å². The summed E-state index contributed by atoms with van der Waals surface area (Å²) in [5.41, 5.74) is 1.93. The highest BCUT2D eigenvalue weighted by molar-refractivity contribution is 6.33. The van der Waals surface area contributed by atoms with Crippen LogP contribution in [0.4, 0.5) is 5.69 Å². The smallest absolute Gasteiger partial charge is 0.249 e. The van der Waals surface area contributed by atoms with Crippen molar-refractivity contribution >= 4 is 29.1 Å². The Morgan fingerprint density at radius 3 is 2.89 bits per heavy atom. The van der Waals surface area contributed by atoms with E-state index in [2.05, 4.69) is 17.6 Å². The van der Waals surface area contributed by atoms with Crippen LogP contribution in [0.5, 0.6) is 0 Å². The molecule has 1 aromatic carbocycles. The lowest BCUT2D eigenvalue weighted by molar-refractivity contribution is -0.133. The maximum atomic E-state index is 11.7. The molecule has 2 N–H and O–H groups in total. The van der Waals surface area contributed by atoms with Crippen molar-refractivity contribution in [1.29, 1.82) is 0 Å². The molecule has 1 saturated heterocycles. The van der Waals surface area contributed by atoms with Crippen molar-refractivity contribution in [2.24, 2.45) is 0 Å². The average Bonchev–Trinajstić information content (AvgIpc) is 2.37. The van der Waals surface area contributed by atoms with Crippen molar-refractivity contribution in [2.75, 3.05) is 5.32 Å². The number of nitrogens with one attached hydrogen (secondary N) is 2. The zero-order chi connectivity index (χ0) is 13.8. The van der Waals surface area contributed by atoms with Gasteiger partial charge in [-0.05, 0) is 30.5 Å². The summed E-state index contributed by atoms with van der Waals surface area (Å²) < 4.78 is 0. The van der Waals surface area contributed by atoms with Gasteiger partial charge in [0, 0.05) is 6.42 Å². The molecule has 1 fully saturated rings. The summed E-state index contributed by atoms with van der Waals surface area (Å²) in [6.45, 7) is 2.11. The molecule has 1 aromatic rings. The third-order valence-electron chi connectivity index (χ3n) is 3.14. The monoisotopic (exact) mass is 280 g/mol. The summed E-state index contributed by atoms with van der Waals surface area (Å²) in [4.78, 5) is 22.8. The molecule has 1 aliphatic rings. The van der Waals surface area contributed by atoms with E-state index >= 15 is 0 Å². The van der Waals surface area contributed by atoms with Crippen LogP contribution in [0.3, 0.4) is 0 Å². The molecule has 19 heavy (non-hydrogen) atoms. The van der Waals surface area contributed by atoms with Gasteiger partial charge in [-0.15, -0.1) is 0 Å². The van der Waals surface area contributed by atoms with Crippen molar-refractivity contribution in [3.05, 3.63) is 28.8 Å². The van der Waals surface area contributed by atoms with Gasteiger partial charge in [0.05, 0.1) is 10.7 Å². The van der Waals surface area contributed by atoms with Crippen molar-refractivity contribution in [2.45, 2.75) is 38.6 Å². The number of amides is 2. The maximum absolute atomic E-state index is 11.7. The summed E-state index contributed by atoms with van der Waals surface area (Å²) in [7, 11) is 0. The fourth-order valence-corrected chi connectivity index (χ4v) is 2.32. The quantitative estimate of drug-likeness (QED) is 0.833. The summed E-state index contributed by atoms with van der Waals surface area (Å²) in [5.74, 6) is -0.498. The average molecular weight is 281 g/mol. The molecule has 0 saturated carbocycles. The zero-order valence-electron chi connectivity index (χ0n) is 10.8. The lowest BCUT2D eigenvalue weighted by Gasteiger charge is -2.23. The van der Waals surface area contributed by atoms with Crippen LogP contribution in [0.25, 0.3) is 0 Å². The Balaban J connectivity index is 2.11. The Hall–Kier alpha value is -1.55. The number of piperidine rings is 1. The normalized spacial score (nSPS) is 19.2. The number of hydrogen-bond donors (Lipinski definition) is 2. The van der Waals surface area contributed by atoms with E-state index < -0.39 is 6.04 Å². The lowest BCUT2D eigenvalue weighted by Crippen LogP contribution is -2.47. The van der Waals surface area contributed by atoms with Crippen molar-refractivity contribution < 1.29 is 9.59 Å². The second-order valence-electron chi connectivity index (χ2n) is 4.71. The first-order valence-corrected chi connectivity index (χ1v) is 6.86. The highest BCUT2D eigenvalue weighted by Crippen LogP contribution is 2.25. The van der Waals surface area contributed by atoms with Crippen molar-refractivity contribution in [3.8, 4) is 0 Å². The highest BCUT2D eigenvalue weighted by atomic mass is 35.5. The topological polar surface area (TPSA) is 58.2 Å². The van der Waals surface area contributed by atoms with Gasteiger partial charge in [-0.25, -0.2) is 0 Å². The van der Waals surface area contributed by atoms with Crippen LogP contribution in [-0.4, -0.2) is 17.9 Å². The number of rotatable bonds is 4. The minimum Gasteiger partial charge on any atom is -0.372 e. The number of anilines is 1. The second-order valence-corrected chi connectivity index (χ2v) is 5.12. The Morgan fingerprint density at radius 2 is 2.21 bits per heavy atom.